The highest BCUT2D eigenvalue weighted by Crippen LogP contribution is 2.36. The maximum atomic E-state index is 10.7. The van der Waals surface area contributed by atoms with Crippen molar-refractivity contribution in [3.8, 4) is 0 Å². The lowest BCUT2D eigenvalue weighted by molar-refractivity contribution is -0.385. The summed E-state index contributed by atoms with van der Waals surface area (Å²) in [6, 6.07) is 0.0407. The molecule has 8 nitrogen and oxygen atoms in total. The van der Waals surface area contributed by atoms with Gasteiger partial charge in [-0.3, -0.25) is 10.1 Å². The molecule has 1 saturated carbocycles. The Kier molecular flexibility index (Phi) is 4.45. The quantitative estimate of drug-likeness (QED) is 0.633. The van der Waals surface area contributed by atoms with Crippen LogP contribution in [-0.4, -0.2) is 39.6 Å². The van der Waals surface area contributed by atoms with Gasteiger partial charge in [0.1, 0.15) is 12.4 Å². The van der Waals surface area contributed by atoms with Crippen molar-refractivity contribution < 1.29 is 4.92 Å². The van der Waals surface area contributed by atoms with E-state index in [0.717, 1.165) is 51.6 Å². The standard InChI is InChI=1S/C15H24N6O2/c16-13-5-1-2-6-15(13,17)11-4-3-7-20(10-11)14-18-8-12(9-19-14)21(22)23/h8-9,11,13H,1-7,10,16-17H2/t11-,13?,15?/m0/s1. The molecule has 1 aromatic rings. The van der Waals surface area contributed by atoms with Gasteiger partial charge < -0.3 is 16.4 Å². The van der Waals surface area contributed by atoms with E-state index in [-0.39, 0.29) is 17.3 Å². The van der Waals surface area contributed by atoms with Crippen molar-refractivity contribution in [2.75, 3.05) is 18.0 Å². The largest absolute Gasteiger partial charge is 0.340 e. The Hall–Kier alpha value is -1.80. The van der Waals surface area contributed by atoms with E-state index in [9.17, 15) is 10.1 Å². The Labute approximate surface area is 135 Å². The fraction of sp³-hybridized carbons (Fsp3) is 0.733. The predicted molar refractivity (Wildman–Crippen MR) is 87.0 cm³/mol. The van der Waals surface area contributed by atoms with Crippen LogP contribution in [0.5, 0.6) is 0 Å². The van der Waals surface area contributed by atoms with Crippen molar-refractivity contribution in [1.29, 1.82) is 0 Å². The number of hydrogen-bond acceptors (Lipinski definition) is 7. The molecule has 3 atom stereocenters. The van der Waals surface area contributed by atoms with E-state index < -0.39 is 4.92 Å². The first-order valence-corrected chi connectivity index (χ1v) is 8.26. The summed E-state index contributed by atoms with van der Waals surface area (Å²) in [6.45, 7) is 1.61. The maximum absolute atomic E-state index is 10.7. The summed E-state index contributed by atoms with van der Waals surface area (Å²) in [5.74, 6) is 0.846. The van der Waals surface area contributed by atoms with Crippen LogP contribution in [0, 0.1) is 16.0 Å². The Balaban J connectivity index is 1.74. The zero-order valence-corrected chi connectivity index (χ0v) is 13.2. The molecule has 8 heteroatoms. The summed E-state index contributed by atoms with van der Waals surface area (Å²) >= 11 is 0. The molecule has 2 aliphatic rings. The SMILES string of the molecule is NC1CCCCC1(N)[C@H]1CCCN(c2ncc([N+](=O)[O-])cn2)C1. The van der Waals surface area contributed by atoms with E-state index in [4.69, 9.17) is 11.5 Å². The highest BCUT2D eigenvalue weighted by atomic mass is 16.6. The molecule has 1 saturated heterocycles. The predicted octanol–water partition coefficient (Wildman–Crippen LogP) is 1.20. The van der Waals surface area contributed by atoms with Crippen molar-refractivity contribution in [3.63, 3.8) is 0 Å². The normalized spacial score (nSPS) is 31.8. The van der Waals surface area contributed by atoms with Gasteiger partial charge in [0.2, 0.25) is 5.95 Å². The van der Waals surface area contributed by atoms with Gasteiger partial charge >= 0.3 is 5.69 Å². The molecule has 2 heterocycles. The maximum Gasteiger partial charge on any atom is 0.305 e. The first-order valence-electron chi connectivity index (χ1n) is 8.26. The minimum atomic E-state index is -0.487. The van der Waals surface area contributed by atoms with Gasteiger partial charge in [0.25, 0.3) is 0 Å². The second kappa shape index (κ2) is 6.37. The molecule has 2 unspecified atom stereocenters. The van der Waals surface area contributed by atoms with Crippen LogP contribution in [-0.2, 0) is 0 Å². The molecule has 23 heavy (non-hydrogen) atoms. The molecular formula is C15H24N6O2. The molecule has 0 radical (unpaired) electrons. The smallest absolute Gasteiger partial charge is 0.305 e. The number of rotatable bonds is 3. The Bertz CT molecular complexity index is 566. The molecule has 126 valence electrons. The van der Waals surface area contributed by atoms with Crippen LogP contribution in [0.1, 0.15) is 38.5 Å². The highest BCUT2D eigenvalue weighted by molar-refractivity contribution is 5.35. The first kappa shape index (κ1) is 16.1. The summed E-state index contributed by atoms with van der Waals surface area (Å²) in [5, 5.41) is 10.7. The van der Waals surface area contributed by atoms with Crippen LogP contribution in [0.15, 0.2) is 12.4 Å². The molecule has 0 spiro atoms. The zero-order chi connectivity index (χ0) is 16.4. The average molecular weight is 320 g/mol. The van der Waals surface area contributed by atoms with Gasteiger partial charge in [0.15, 0.2) is 0 Å². The van der Waals surface area contributed by atoms with Crippen LogP contribution < -0.4 is 16.4 Å². The third-order valence-corrected chi connectivity index (χ3v) is 5.36. The van der Waals surface area contributed by atoms with Crippen molar-refractivity contribution in [2.45, 2.75) is 50.1 Å². The number of hydrogen-bond donors (Lipinski definition) is 2. The molecule has 4 N–H and O–H groups in total. The van der Waals surface area contributed by atoms with Crippen LogP contribution >= 0.6 is 0 Å². The molecule has 0 aromatic carbocycles. The van der Waals surface area contributed by atoms with E-state index in [2.05, 4.69) is 14.9 Å². The topological polar surface area (TPSA) is 124 Å². The lowest BCUT2D eigenvalue weighted by Gasteiger charge is -2.48. The number of piperidine rings is 1. The Morgan fingerprint density at radius 3 is 2.65 bits per heavy atom. The monoisotopic (exact) mass is 320 g/mol. The zero-order valence-electron chi connectivity index (χ0n) is 13.2. The minimum absolute atomic E-state index is 0.0407. The molecule has 2 fully saturated rings. The van der Waals surface area contributed by atoms with Crippen LogP contribution in [0.3, 0.4) is 0 Å². The summed E-state index contributed by atoms with van der Waals surface area (Å²) in [6.07, 6.45) is 8.84. The average Bonchev–Trinajstić information content (AvgIpc) is 2.58. The third kappa shape index (κ3) is 3.13. The fourth-order valence-corrected chi connectivity index (χ4v) is 3.93. The number of nitro groups is 1. The van der Waals surface area contributed by atoms with Crippen LogP contribution in [0.25, 0.3) is 0 Å². The van der Waals surface area contributed by atoms with Crippen molar-refractivity contribution in [1.82, 2.24) is 9.97 Å². The molecule has 0 bridgehead atoms. The van der Waals surface area contributed by atoms with E-state index in [1.165, 1.54) is 12.4 Å². The lowest BCUT2D eigenvalue weighted by atomic mass is 9.68. The number of nitrogens with two attached hydrogens (primary N) is 2. The van der Waals surface area contributed by atoms with Crippen molar-refractivity contribution in [3.05, 3.63) is 22.5 Å². The third-order valence-electron chi connectivity index (χ3n) is 5.36. The second-order valence-corrected chi connectivity index (χ2v) is 6.75. The van der Waals surface area contributed by atoms with Gasteiger partial charge in [0.05, 0.1) is 4.92 Å². The Morgan fingerprint density at radius 2 is 2.00 bits per heavy atom. The van der Waals surface area contributed by atoms with Crippen molar-refractivity contribution >= 4 is 11.6 Å². The second-order valence-electron chi connectivity index (χ2n) is 6.75. The first-order chi connectivity index (χ1) is 11.0. The van der Waals surface area contributed by atoms with Gasteiger partial charge in [-0.05, 0) is 31.6 Å². The van der Waals surface area contributed by atoms with Gasteiger partial charge in [-0.15, -0.1) is 0 Å². The van der Waals surface area contributed by atoms with Gasteiger partial charge in [-0.1, -0.05) is 12.8 Å². The fourth-order valence-electron chi connectivity index (χ4n) is 3.93. The van der Waals surface area contributed by atoms with Gasteiger partial charge in [-0.25, -0.2) is 9.97 Å². The molecule has 1 aliphatic heterocycles. The number of anilines is 1. The molecule has 1 aliphatic carbocycles. The van der Waals surface area contributed by atoms with E-state index >= 15 is 0 Å². The van der Waals surface area contributed by atoms with Gasteiger partial charge in [-0.2, -0.15) is 0 Å². The summed E-state index contributed by atoms with van der Waals surface area (Å²) in [4.78, 5) is 20.6. The van der Waals surface area contributed by atoms with E-state index in [1.807, 2.05) is 0 Å². The molecule has 0 amide bonds. The Morgan fingerprint density at radius 1 is 1.26 bits per heavy atom. The van der Waals surface area contributed by atoms with E-state index in [0.29, 0.717) is 11.9 Å². The number of aromatic nitrogens is 2. The molecular weight excluding hydrogens is 296 g/mol. The summed E-state index contributed by atoms with van der Waals surface area (Å²) in [7, 11) is 0. The minimum Gasteiger partial charge on any atom is -0.340 e. The van der Waals surface area contributed by atoms with Crippen LogP contribution in [0.2, 0.25) is 0 Å². The lowest BCUT2D eigenvalue weighted by Crippen LogP contribution is -2.64. The van der Waals surface area contributed by atoms with Crippen molar-refractivity contribution in [2.24, 2.45) is 17.4 Å². The molecule has 1 aromatic heterocycles. The van der Waals surface area contributed by atoms with Gasteiger partial charge in [0, 0.05) is 24.7 Å². The summed E-state index contributed by atoms with van der Waals surface area (Å²) < 4.78 is 0. The highest BCUT2D eigenvalue weighted by Gasteiger charge is 2.43. The van der Waals surface area contributed by atoms with E-state index in [1.54, 1.807) is 0 Å². The van der Waals surface area contributed by atoms with Crippen LogP contribution in [0.4, 0.5) is 11.6 Å². The molecule has 3 rings (SSSR count). The summed E-state index contributed by atoms with van der Waals surface area (Å²) in [5.41, 5.74) is 12.6. The number of nitrogens with zero attached hydrogens (tertiary/aromatic N) is 4.